The van der Waals surface area contributed by atoms with Gasteiger partial charge in [0.15, 0.2) is 5.96 Å². The van der Waals surface area contributed by atoms with Crippen LogP contribution in [-0.4, -0.2) is 50.1 Å². The summed E-state index contributed by atoms with van der Waals surface area (Å²) in [5.74, 6) is 1.54. The van der Waals surface area contributed by atoms with Crippen molar-refractivity contribution in [3.8, 4) is 5.75 Å². The third-order valence-corrected chi connectivity index (χ3v) is 4.55. The maximum Gasteiger partial charge on any atom is 0.244 e. The molecule has 2 rings (SSSR count). The molecule has 0 aliphatic heterocycles. The molecule has 2 aromatic carbocycles. The highest BCUT2D eigenvalue weighted by Gasteiger charge is 2.12. The lowest BCUT2D eigenvalue weighted by atomic mass is 10.1. The maximum absolute atomic E-state index is 12.6. The Bertz CT molecular complexity index is 777. The van der Waals surface area contributed by atoms with Crippen LogP contribution in [0.4, 0.5) is 0 Å². The lowest BCUT2D eigenvalue weighted by molar-refractivity contribution is -0.130. The van der Waals surface area contributed by atoms with Gasteiger partial charge in [-0.25, -0.2) is 4.99 Å². The summed E-state index contributed by atoms with van der Waals surface area (Å²) in [7, 11) is 1.68. The van der Waals surface area contributed by atoms with Gasteiger partial charge in [-0.1, -0.05) is 48.5 Å². The largest absolute Gasteiger partial charge is 0.496 e. The van der Waals surface area contributed by atoms with Crippen molar-refractivity contribution >= 4 is 11.9 Å². The number of guanidine groups is 1. The molecule has 0 atom stereocenters. The number of methoxy groups -OCH3 is 1. The first kappa shape index (κ1) is 22.3. The van der Waals surface area contributed by atoms with Gasteiger partial charge in [-0.15, -0.1) is 0 Å². The number of hydrogen-bond acceptors (Lipinski definition) is 3. The zero-order valence-electron chi connectivity index (χ0n) is 17.6. The summed E-state index contributed by atoms with van der Waals surface area (Å²) in [6.45, 7) is 6.79. The molecule has 0 saturated heterocycles. The van der Waals surface area contributed by atoms with E-state index in [2.05, 4.69) is 21.7 Å². The number of likely N-dealkylation sites (N-methyl/N-ethyl adjacent to an activating group) is 1. The van der Waals surface area contributed by atoms with Crippen LogP contribution < -0.4 is 15.4 Å². The van der Waals surface area contributed by atoms with E-state index in [0.717, 1.165) is 29.8 Å². The van der Waals surface area contributed by atoms with Gasteiger partial charge in [0, 0.05) is 26.2 Å². The van der Waals surface area contributed by atoms with Gasteiger partial charge in [0.05, 0.1) is 7.11 Å². The van der Waals surface area contributed by atoms with E-state index in [9.17, 15) is 4.79 Å². The molecule has 0 fully saturated rings. The molecule has 2 N–H and O–H groups in total. The Morgan fingerprint density at radius 1 is 1.03 bits per heavy atom. The van der Waals surface area contributed by atoms with Crippen LogP contribution in [0.3, 0.4) is 0 Å². The van der Waals surface area contributed by atoms with E-state index in [1.807, 2.05) is 67.3 Å². The minimum atomic E-state index is 0.0123. The topological polar surface area (TPSA) is 66.0 Å². The molecule has 0 aliphatic carbocycles. The second-order valence-corrected chi connectivity index (χ2v) is 6.58. The van der Waals surface area contributed by atoms with Crippen LogP contribution in [0.2, 0.25) is 0 Å². The lowest BCUT2D eigenvalue weighted by Gasteiger charge is -2.20. The van der Waals surface area contributed by atoms with Crippen LogP contribution in [0.5, 0.6) is 5.75 Å². The molecule has 29 heavy (non-hydrogen) atoms. The van der Waals surface area contributed by atoms with E-state index in [-0.39, 0.29) is 12.5 Å². The average molecular weight is 397 g/mol. The molecular weight excluding hydrogens is 364 g/mol. The summed E-state index contributed by atoms with van der Waals surface area (Å²) in [6.07, 6.45) is 0.803. The molecule has 156 valence electrons. The number of carbonyl (C=O) groups excluding carboxylic acids is 1. The van der Waals surface area contributed by atoms with Gasteiger partial charge in [0.2, 0.25) is 5.91 Å². The highest BCUT2D eigenvalue weighted by molar-refractivity contribution is 5.85. The first-order valence-electron chi connectivity index (χ1n) is 10.1. The molecular formula is C23H32N4O2. The molecule has 0 unspecified atom stereocenters. The van der Waals surface area contributed by atoms with Gasteiger partial charge < -0.3 is 20.3 Å². The molecule has 0 heterocycles. The summed E-state index contributed by atoms with van der Waals surface area (Å²) in [5.41, 5.74) is 2.25. The second kappa shape index (κ2) is 12.4. The van der Waals surface area contributed by atoms with Crippen LogP contribution in [0.1, 0.15) is 25.0 Å². The molecule has 6 heteroatoms. The summed E-state index contributed by atoms with van der Waals surface area (Å²) < 4.78 is 5.39. The van der Waals surface area contributed by atoms with E-state index < -0.39 is 0 Å². The molecule has 0 saturated carbocycles. The molecule has 0 aliphatic rings. The number of carbonyl (C=O) groups is 1. The van der Waals surface area contributed by atoms with Crippen molar-refractivity contribution in [2.24, 2.45) is 4.99 Å². The van der Waals surface area contributed by atoms with Crippen molar-refractivity contribution in [2.45, 2.75) is 26.8 Å². The Morgan fingerprint density at radius 2 is 1.76 bits per heavy atom. The number of nitrogens with zero attached hydrogens (tertiary/aromatic N) is 2. The minimum absolute atomic E-state index is 0.0123. The Hall–Kier alpha value is -3.02. The Balaban J connectivity index is 1.90. The van der Waals surface area contributed by atoms with E-state index in [4.69, 9.17) is 4.74 Å². The first-order chi connectivity index (χ1) is 14.2. The number of nitrogens with one attached hydrogen (secondary N) is 2. The second-order valence-electron chi connectivity index (χ2n) is 6.58. The van der Waals surface area contributed by atoms with E-state index in [0.29, 0.717) is 25.6 Å². The van der Waals surface area contributed by atoms with Crippen molar-refractivity contribution in [2.75, 3.05) is 33.3 Å². The van der Waals surface area contributed by atoms with Gasteiger partial charge in [0.25, 0.3) is 0 Å². The predicted octanol–water partition coefficient (Wildman–Crippen LogP) is 2.84. The molecule has 0 aromatic heterocycles. The van der Waals surface area contributed by atoms with Crippen LogP contribution in [0.15, 0.2) is 59.6 Å². The number of para-hydroxylation sites is 1. The first-order valence-corrected chi connectivity index (χ1v) is 10.1. The number of aliphatic imine (C=N–C) groups is 1. The van der Waals surface area contributed by atoms with Crippen molar-refractivity contribution in [3.63, 3.8) is 0 Å². The Labute approximate surface area is 174 Å². The maximum atomic E-state index is 12.6. The van der Waals surface area contributed by atoms with Crippen LogP contribution >= 0.6 is 0 Å². The number of ether oxygens (including phenoxy) is 1. The zero-order chi connectivity index (χ0) is 20.9. The molecule has 2 aromatic rings. The van der Waals surface area contributed by atoms with Gasteiger partial charge in [-0.2, -0.15) is 0 Å². The number of hydrogen-bond donors (Lipinski definition) is 2. The van der Waals surface area contributed by atoms with Crippen LogP contribution in [-0.2, 0) is 17.8 Å². The van der Waals surface area contributed by atoms with E-state index >= 15 is 0 Å². The van der Waals surface area contributed by atoms with Gasteiger partial charge >= 0.3 is 0 Å². The molecule has 6 nitrogen and oxygen atoms in total. The smallest absolute Gasteiger partial charge is 0.244 e. The monoisotopic (exact) mass is 396 g/mol. The van der Waals surface area contributed by atoms with E-state index in [1.54, 1.807) is 7.11 Å². The highest BCUT2D eigenvalue weighted by atomic mass is 16.5. The lowest BCUT2D eigenvalue weighted by Crippen LogP contribution is -2.40. The normalized spacial score (nSPS) is 11.1. The quantitative estimate of drug-likeness (QED) is 0.479. The summed E-state index contributed by atoms with van der Waals surface area (Å²) in [5, 5.41) is 6.49. The van der Waals surface area contributed by atoms with Crippen molar-refractivity contribution < 1.29 is 9.53 Å². The van der Waals surface area contributed by atoms with Crippen LogP contribution in [0.25, 0.3) is 0 Å². The molecule has 0 radical (unpaired) electrons. The third-order valence-electron chi connectivity index (χ3n) is 4.55. The summed E-state index contributed by atoms with van der Waals surface area (Å²) in [4.78, 5) is 18.9. The van der Waals surface area contributed by atoms with Gasteiger partial charge in [-0.3, -0.25) is 4.79 Å². The Morgan fingerprint density at radius 3 is 2.45 bits per heavy atom. The molecule has 0 bridgehead atoms. The fraction of sp³-hybridized carbons (Fsp3) is 0.391. The van der Waals surface area contributed by atoms with Crippen molar-refractivity contribution in [1.29, 1.82) is 0 Å². The van der Waals surface area contributed by atoms with Gasteiger partial charge in [0.1, 0.15) is 12.3 Å². The third kappa shape index (κ3) is 7.49. The fourth-order valence-electron chi connectivity index (χ4n) is 2.99. The standard InChI is InChI=1S/C23H32N4O2/c1-4-24-23(25-16-15-20-13-9-10-14-21(20)29-3)26-17-22(28)27(5-2)18-19-11-7-6-8-12-19/h6-14H,4-5,15-18H2,1-3H3,(H2,24,25,26). The van der Waals surface area contributed by atoms with Crippen LogP contribution in [0, 0.1) is 0 Å². The number of benzene rings is 2. The predicted molar refractivity (Wildman–Crippen MR) is 118 cm³/mol. The average Bonchev–Trinajstić information content (AvgIpc) is 2.76. The number of rotatable bonds is 10. The van der Waals surface area contributed by atoms with Crippen molar-refractivity contribution in [1.82, 2.24) is 15.5 Å². The minimum Gasteiger partial charge on any atom is -0.496 e. The summed E-state index contributed by atoms with van der Waals surface area (Å²) >= 11 is 0. The SMILES string of the molecule is CCNC(=NCC(=O)N(CC)Cc1ccccc1)NCCc1ccccc1OC. The number of amides is 1. The Kier molecular flexibility index (Phi) is 9.55. The molecule has 0 spiro atoms. The molecule has 1 amide bonds. The summed E-state index contributed by atoms with van der Waals surface area (Å²) in [6, 6.07) is 18.0. The highest BCUT2D eigenvalue weighted by Crippen LogP contribution is 2.17. The zero-order valence-corrected chi connectivity index (χ0v) is 17.6. The van der Waals surface area contributed by atoms with Gasteiger partial charge in [-0.05, 0) is 37.5 Å². The van der Waals surface area contributed by atoms with E-state index in [1.165, 1.54) is 0 Å². The van der Waals surface area contributed by atoms with Crippen molar-refractivity contribution in [3.05, 3.63) is 65.7 Å². The fourth-order valence-corrected chi connectivity index (χ4v) is 2.99.